The molecule has 1 atom stereocenters. The van der Waals surface area contributed by atoms with E-state index in [2.05, 4.69) is 22.3 Å². The maximum absolute atomic E-state index is 12.2. The molecular weight excluding hydrogens is 297 g/mol. The molecule has 0 spiro atoms. The van der Waals surface area contributed by atoms with E-state index in [0.29, 0.717) is 6.54 Å². The molecule has 1 fully saturated rings. The highest BCUT2D eigenvalue weighted by atomic mass is 19.4. The third kappa shape index (κ3) is 4.91. The zero-order valence-corrected chi connectivity index (χ0v) is 12.3. The number of rotatable bonds is 4. The van der Waals surface area contributed by atoms with Crippen molar-refractivity contribution >= 4 is 5.91 Å². The van der Waals surface area contributed by atoms with E-state index in [4.69, 9.17) is 0 Å². The van der Waals surface area contributed by atoms with Gasteiger partial charge < -0.3 is 15.4 Å². The number of amides is 1. The van der Waals surface area contributed by atoms with Crippen LogP contribution in [0.25, 0.3) is 0 Å². The van der Waals surface area contributed by atoms with Gasteiger partial charge in [0.15, 0.2) is 0 Å². The molecule has 122 valence electrons. The predicted molar refractivity (Wildman–Crippen MR) is 75.7 cm³/mol. The van der Waals surface area contributed by atoms with E-state index in [-0.39, 0.29) is 11.0 Å². The number of hydrogen-bond acceptors (Lipinski definition) is 3. The quantitative estimate of drug-likeness (QED) is 0.898. The molecule has 22 heavy (non-hydrogen) atoms. The Morgan fingerprint density at radius 3 is 2.86 bits per heavy atom. The van der Waals surface area contributed by atoms with Gasteiger partial charge in [0, 0.05) is 18.7 Å². The lowest BCUT2D eigenvalue weighted by Crippen LogP contribution is -2.45. The standard InChI is InChI=1S/C15H19F3N2O2/c1-14(6-3-7-19-9-14)10-20-13(21)11-4-2-5-12(8-11)22-15(16,17)18/h2,4-5,8,19H,3,6-7,9-10H2,1H3,(H,20,21). The van der Waals surface area contributed by atoms with Gasteiger partial charge in [-0.1, -0.05) is 13.0 Å². The number of nitrogens with one attached hydrogen (secondary N) is 2. The fourth-order valence-corrected chi connectivity index (χ4v) is 2.50. The molecule has 2 rings (SSSR count). The number of piperidine rings is 1. The number of ether oxygens (including phenoxy) is 1. The van der Waals surface area contributed by atoms with Crippen LogP contribution < -0.4 is 15.4 Å². The van der Waals surface area contributed by atoms with Crippen molar-refractivity contribution in [3.05, 3.63) is 29.8 Å². The van der Waals surface area contributed by atoms with Crippen LogP contribution in [0.1, 0.15) is 30.1 Å². The number of hydrogen-bond donors (Lipinski definition) is 2. The fraction of sp³-hybridized carbons (Fsp3) is 0.533. The van der Waals surface area contributed by atoms with E-state index in [1.165, 1.54) is 12.1 Å². The van der Waals surface area contributed by atoms with Gasteiger partial charge in [-0.25, -0.2) is 0 Å². The second-order valence-electron chi connectivity index (χ2n) is 5.85. The molecule has 1 aliphatic rings. The molecule has 0 aromatic heterocycles. The second kappa shape index (κ2) is 6.56. The first kappa shape index (κ1) is 16.6. The molecule has 0 radical (unpaired) electrons. The van der Waals surface area contributed by atoms with Crippen LogP contribution in [0.5, 0.6) is 5.75 Å². The number of carbonyl (C=O) groups excluding carboxylic acids is 1. The molecule has 0 saturated carbocycles. The van der Waals surface area contributed by atoms with E-state index < -0.39 is 18.0 Å². The van der Waals surface area contributed by atoms with Gasteiger partial charge in [-0.15, -0.1) is 13.2 Å². The normalized spacial score (nSPS) is 22.2. The Kier molecular flexibility index (Phi) is 4.95. The van der Waals surface area contributed by atoms with Gasteiger partial charge in [0.2, 0.25) is 0 Å². The number of benzene rings is 1. The Morgan fingerprint density at radius 1 is 1.45 bits per heavy atom. The van der Waals surface area contributed by atoms with E-state index >= 15 is 0 Å². The summed E-state index contributed by atoms with van der Waals surface area (Å²) in [5, 5.41) is 6.06. The lowest BCUT2D eigenvalue weighted by atomic mass is 9.83. The summed E-state index contributed by atoms with van der Waals surface area (Å²) in [6.45, 7) is 4.33. The Balaban J connectivity index is 1.96. The van der Waals surface area contributed by atoms with Crippen molar-refractivity contribution in [2.75, 3.05) is 19.6 Å². The van der Waals surface area contributed by atoms with E-state index in [1.54, 1.807) is 0 Å². The monoisotopic (exact) mass is 316 g/mol. The highest BCUT2D eigenvalue weighted by Crippen LogP contribution is 2.25. The molecular formula is C15H19F3N2O2. The Bertz CT molecular complexity index is 526. The first-order valence-corrected chi connectivity index (χ1v) is 7.12. The summed E-state index contributed by atoms with van der Waals surface area (Å²) in [5.41, 5.74) is 0.114. The molecule has 0 bridgehead atoms. The van der Waals surface area contributed by atoms with Crippen molar-refractivity contribution in [2.24, 2.45) is 5.41 Å². The van der Waals surface area contributed by atoms with Gasteiger partial charge in [-0.2, -0.15) is 0 Å². The molecule has 2 N–H and O–H groups in total. The first-order chi connectivity index (χ1) is 10.3. The predicted octanol–water partition coefficient (Wildman–Crippen LogP) is 2.70. The molecule has 1 unspecified atom stereocenters. The SMILES string of the molecule is CC1(CNC(=O)c2cccc(OC(F)(F)F)c2)CCCNC1. The van der Waals surface area contributed by atoms with Crippen LogP contribution in [0.2, 0.25) is 0 Å². The number of alkyl halides is 3. The summed E-state index contributed by atoms with van der Waals surface area (Å²) < 4.78 is 40.4. The minimum atomic E-state index is -4.77. The van der Waals surface area contributed by atoms with E-state index in [9.17, 15) is 18.0 Å². The summed E-state index contributed by atoms with van der Waals surface area (Å²) in [5.74, 6) is -0.801. The largest absolute Gasteiger partial charge is 0.573 e. The first-order valence-electron chi connectivity index (χ1n) is 7.12. The maximum atomic E-state index is 12.2. The summed E-state index contributed by atoms with van der Waals surface area (Å²) in [4.78, 5) is 12.1. The molecule has 7 heteroatoms. The molecule has 1 aromatic carbocycles. The van der Waals surface area contributed by atoms with Crippen molar-refractivity contribution in [3.63, 3.8) is 0 Å². The molecule has 0 aliphatic carbocycles. The smallest absolute Gasteiger partial charge is 0.406 e. The minimum Gasteiger partial charge on any atom is -0.406 e. The van der Waals surface area contributed by atoms with Crippen molar-refractivity contribution in [2.45, 2.75) is 26.1 Å². The average Bonchev–Trinajstić information content (AvgIpc) is 2.44. The maximum Gasteiger partial charge on any atom is 0.573 e. The molecule has 1 aliphatic heterocycles. The summed E-state index contributed by atoms with van der Waals surface area (Å²) in [7, 11) is 0. The van der Waals surface area contributed by atoms with Crippen LogP contribution in [0.15, 0.2) is 24.3 Å². The zero-order chi connectivity index (χ0) is 16.2. The summed E-state index contributed by atoms with van der Waals surface area (Å²) >= 11 is 0. The van der Waals surface area contributed by atoms with Crippen LogP contribution in [-0.2, 0) is 0 Å². The molecule has 1 heterocycles. The lowest BCUT2D eigenvalue weighted by Gasteiger charge is -2.34. The Morgan fingerprint density at radius 2 is 2.23 bits per heavy atom. The van der Waals surface area contributed by atoms with Crippen LogP contribution in [-0.4, -0.2) is 31.9 Å². The van der Waals surface area contributed by atoms with Gasteiger partial charge in [-0.05, 0) is 43.0 Å². The van der Waals surface area contributed by atoms with Gasteiger partial charge >= 0.3 is 6.36 Å². The van der Waals surface area contributed by atoms with Crippen molar-refractivity contribution in [1.82, 2.24) is 10.6 Å². The van der Waals surface area contributed by atoms with Crippen LogP contribution in [0, 0.1) is 5.41 Å². The topological polar surface area (TPSA) is 50.4 Å². The lowest BCUT2D eigenvalue weighted by molar-refractivity contribution is -0.274. The van der Waals surface area contributed by atoms with Gasteiger partial charge in [0.25, 0.3) is 5.91 Å². The average molecular weight is 316 g/mol. The molecule has 1 aromatic rings. The summed E-state index contributed by atoms with van der Waals surface area (Å²) in [6.07, 6.45) is -2.73. The second-order valence-corrected chi connectivity index (χ2v) is 5.85. The minimum absolute atomic E-state index is 0.0337. The van der Waals surface area contributed by atoms with Crippen LogP contribution >= 0.6 is 0 Å². The van der Waals surface area contributed by atoms with Gasteiger partial charge in [0.1, 0.15) is 5.75 Å². The molecule has 1 saturated heterocycles. The van der Waals surface area contributed by atoms with Crippen LogP contribution in [0.4, 0.5) is 13.2 Å². The molecule has 1 amide bonds. The van der Waals surface area contributed by atoms with Gasteiger partial charge in [-0.3, -0.25) is 4.79 Å². The third-order valence-corrected chi connectivity index (χ3v) is 3.69. The third-order valence-electron chi connectivity index (χ3n) is 3.69. The van der Waals surface area contributed by atoms with E-state index in [0.717, 1.165) is 38.1 Å². The number of halogens is 3. The number of carbonyl (C=O) groups is 1. The Labute approximate surface area is 127 Å². The van der Waals surface area contributed by atoms with Crippen LogP contribution in [0.3, 0.4) is 0 Å². The van der Waals surface area contributed by atoms with E-state index in [1.807, 2.05) is 0 Å². The highest BCUT2D eigenvalue weighted by molar-refractivity contribution is 5.94. The Hall–Kier alpha value is -1.76. The van der Waals surface area contributed by atoms with Crippen molar-refractivity contribution in [3.8, 4) is 5.75 Å². The molecule has 4 nitrogen and oxygen atoms in total. The fourth-order valence-electron chi connectivity index (χ4n) is 2.50. The summed E-state index contributed by atoms with van der Waals surface area (Å²) in [6, 6.07) is 5.07. The van der Waals surface area contributed by atoms with Gasteiger partial charge in [0.05, 0.1) is 0 Å². The van der Waals surface area contributed by atoms with Crippen molar-refractivity contribution in [1.29, 1.82) is 0 Å². The highest BCUT2D eigenvalue weighted by Gasteiger charge is 2.31. The zero-order valence-electron chi connectivity index (χ0n) is 12.3. The van der Waals surface area contributed by atoms with Crippen molar-refractivity contribution < 1.29 is 22.7 Å².